The van der Waals surface area contributed by atoms with Crippen LogP contribution in [-0.2, 0) is 15.1 Å². The summed E-state index contributed by atoms with van der Waals surface area (Å²) in [6.07, 6.45) is 6.49. The lowest BCUT2D eigenvalue weighted by atomic mass is 9.78. The summed E-state index contributed by atoms with van der Waals surface area (Å²) in [5.74, 6) is 0.756. The summed E-state index contributed by atoms with van der Waals surface area (Å²) in [5.41, 5.74) is 1.46. The number of allylic oxidation sites excluding steroid dienone is 1. The van der Waals surface area contributed by atoms with E-state index in [1.807, 2.05) is 37.3 Å². The number of rotatable bonds is 3. The van der Waals surface area contributed by atoms with Crippen molar-refractivity contribution in [2.24, 2.45) is 4.99 Å². The molecule has 94 valence electrons. The summed E-state index contributed by atoms with van der Waals surface area (Å²) in [6.45, 7) is 2.03. The first-order valence-corrected chi connectivity index (χ1v) is 6.14. The van der Waals surface area contributed by atoms with E-state index in [-0.39, 0.29) is 0 Å². The molecule has 1 aromatic rings. The highest BCUT2D eigenvalue weighted by Crippen LogP contribution is 2.43. The maximum absolute atomic E-state index is 10.8. The SMILES string of the molecule is COC1=CCCC[C@]1(N=C=O)c1ccccc1C. The van der Waals surface area contributed by atoms with Gasteiger partial charge in [0.2, 0.25) is 6.08 Å². The van der Waals surface area contributed by atoms with Crippen molar-refractivity contribution in [3.8, 4) is 0 Å². The van der Waals surface area contributed by atoms with Crippen LogP contribution in [0, 0.1) is 6.92 Å². The van der Waals surface area contributed by atoms with Gasteiger partial charge in [-0.2, -0.15) is 4.99 Å². The number of isocyanates is 1. The summed E-state index contributed by atoms with van der Waals surface area (Å²) < 4.78 is 5.46. The molecule has 0 bridgehead atoms. The van der Waals surface area contributed by atoms with Gasteiger partial charge in [0, 0.05) is 0 Å². The van der Waals surface area contributed by atoms with Gasteiger partial charge in [-0.3, -0.25) is 0 Å². The first-order chi connectivity index (χ1) is 8.74. The number of aryl methyl sites for hydroxylation is 1. The number of benzene rings is 1. The van der Waals surface area contributed by atoms with Crippen LogP contribution in [0.1, 0.15) is 30.4 Å². The van der Waals surface area contributed by atoms with E-state index in [0.29, 0.717) is 0 Å². The van der Waals surface area contributed by atoms with E-state index in [1.165, 1.54) is 0 Å². The van der Waals surface area contributed by atoms with E-state index in [4.69, 9.17) is 4.74 Å². The van der Waals surface area contributed by atoms with Gasteiger partial charge < -0.3 is 4.74 Å². The molecule has 0 aromatic heterocycles. The van der Waals surface area contributed by atoms with Gasteiger partial charge in [0.15, 0.2) is 5.54 Å². The summed E-state index contributed by atoms with van der Waals surface area (Å²) >= 11 is 0. The van der Waals surface area contributed by atoms with Crippen molar-refractivity contribution in [2.45, 2.75) is 31.7 Å². The lowest BCUT2D eigenvalue weighted by Crippen LogP contribution is -2.30. The number of ether oxygens (including phenoxy) is 1. The van der Waals surface area contributed by atoms with Crippen LogP contribution in [0.15, 0.2) is 41.1 Å². The number of methoxy groups -OCH3 is 1. The molecule has 0 amide bonds. The summed E-state index contributed by atoms with van der Waals surface area (Å²) in [5, 5.41) is 0. The van der Waals surface area contributed by atoms with Gasteiger partial charge in [0.25, 0.3) is 0 Å². The Morgan fingerprint density at radius 3 is 2.83 bits per heavy atom. The fourth-order valence-corrected chi connectivity index (χ4v) is 2.69. The van der Waals surface area contributed by atoms with Gasteiger partial charge in [-0.05, 0) is 43.4 Å². The number of aliphatic imine (C=N–C) groups is 1. The van der Waals surface area contributed by atoms with E-state index in [9.17, 15) is 4.79 Å². The molecule has 1 aliphatic carbocycles. The zero-order chi connectivity index (χ0) is 13.0. The molecule has 0 aliphatic heterocycles. The highest BCUT2D eigenvalue weighted by atomic mass is 16.5. The zero-order valence-corrected chi connectivity index (χ0v) is 10.8. The molecule has 0 fully saturated rings. The van der Waals surface area contributed by atoms with Crippen LogP contribution in [0.2, 0.25) is 0 Å². The average molecular weight is 243 g/mol. The van der Waals surface area contributed by atoms with Gasteiger partial charge in [0.1, 0.15) is 5.76 Å². The Balaban J connectivity index is 2.64. The monoisotopic (exact) mass is 243 g/mol. The molecular formula is C15H17NO2. The Morgan fingerprint density at radius 1 is 1.39 bits per heavy atom. The minimum Gasteiger partial charge on any atom is -0.498 e. The molecular weight excluding hydrogens is 226 g/mol. The van der Waals surface area contributed by atoms with Crippen LogP contribution in [-0.4, -0.2) is 13.2 Å². The van der Waals surface area contributed by atoms with Crippen LogP contribution in [0.5, 0.6) is 0 Å². The van der Waals surface area contributed by atoms with Crippen molar-refractivity contribution in [1.29, 1.82) is 0 Å². The maximum Gasteiger partial charge on any atom is 0.236 e. The van der Waals surface area contributed by atoms with Gasteiger partial charge >= 0.3 is 0 Å². The van der Waals surface area contributed by atoms with Crippen molar-refractivity contribution < 1.29 is 9.53 Å². The molecule has 18 heavy (non-hydrogen) atoms. The van der Waals surface area contributed by atoms with Gasteiger partial charge in [0.05, 0.1) is 7.11 Å². The zero-order valence-electron chi connectivity index (χ0n) is 10.8. The van der Waals surface area contributed by atoms with Crippen molar-refractivity contribution in [1.82, 2.24) is 0 Å². The van der Waals surface area contributed by atoms with Gasteiger partial charge in [-0.25, -0.2) is 4.79 Å². The van der Waals surface area contributed by atoms with Crippen LogP contribution in [0.25, 0.3) is 0 Å². The standard InChI is InChI=1S/C15H17NO2/c1-12-7-3-4-8-13(12)15(16-11-17)10-6-5-9-14(15)18-2/h3-4,7-9H,5-6,10H2,1-2H3/t15-/m0/s1. The molecule has 1 aliphatic rings. The van der Waals surface area contributed by atoms with Crippen molar-refractivity contribution in [2.75, 3.05) is 7.11 Å². The molecule has 1 atom stereocenters. The molecule has 0 radical (unpaired) electrons. The van der Waals surface area contributed by atoms with E-state index in [0.717, 1.165) is 36.1 Å². The average Bonchev–Trinajstić information content (AvgIpc) is 2.40. The Kier molecular flexibility index (Phi) is 3.63. The van der Waals surface area contributed by atoms with Crippen molar-refractivity contribution >= 4 is 6.08 Å². The molecule has 0 N–H and O–H groups in total. The fourth-order valence-electron chi connectivity index (χ4n) is 2.69. The number of hydrogen-bond acceptors (Lipinski definition) is 3. The summed E-state index contributed by atoms with van der Waals surface area (Å²) in [6, 6.07) is 7.98. The lowest BCUT2D eigenvalue weighted by Gasteiger charge is -2.34. The third-order valence-corrected chi connectivity index (χ3v) is 3.53. The lowest BCUT2D eigenvalue weighted by molar-refractivity contribution is 0.201. The predicted molar refractivity (Wildman–Crippen MR) is 69.9 cm³/mol. The number of carbonyl (C=O) groups excluding carboxylic acids is 1. The van der Waals surface area contributed by atoms with Crippen molar-refractivity contribution in [3.05, 3.63) is 47.2 Å². The third-order valence-electron chi connectivity index (χ3n) is 3.53. The molecule has 3 heteroatoms. The molecule has 2 rings (SSSR count). The quantitative estimate of drug-likeness (QED) is 0.604. The summed E-state index contributed by atoms with van der Waals surface area (Å²) in [7, 11) is 1.63. The van der Waals surface area contributed by atoms with Gasteiger partial charge in [-0.1, -0.05) is 24.3 Å². The smallest absolute Gasteiger partial charge is 0.236 e. The Labute approximate surface area is 107 Å². The van der Waals surface area contributed by atoms with Crippen molar-refractivity contribution in [3.63, 3.8) is 0 Å². The highest BCUT2D eigenvalue weighted by Gasteiger charge is 2.40. The van der Waals surface area contributed by atoms with E-state index in [1.54, 1.807) is 13.2 Å². The fraction of sp³-hybridized carbons (Fsp3) is 0.400. The molecule has 3 nitrogen and oxygen atoms in total. The largest absolute Gasteiger partial charge is 0.498 e. The van der Waals surface area contributed by atoms with E-state index < -0.39 is 5.54 Å². The Bertz CT molecular complexity index is 515. The minimum atomic E-state index is -0.680. The normalized spacial score (nSPS) is 22.9. The number of hydrogen-bond donors (Lipinski definition) is 0. The molecule has 0 unspecified atom stereocenters. The second-order valence-corrected chi connectivity index (χ2v) is 4.54. The van der Waals surface area contributed by atoms with Crippen LogP contribution in [0.4, 0.5) is 0 Å². The third kappa shape index (κ3) is 1.98. The Morgan fingerprint density at radius 2 is 2.17 bits per heavy atom. The van der Waals surface area contributed by atoms with Gasteiger partial charge in [-0.15, -0.1) is 0 Å². The number of nitrogens with zero attached hydrogens (tertiary/aromatic N) is 1. The van der Waals surface area contributed by atoms with E-state index in [2.05, 4.69) is 4.99 Å². The summed E-state index contributed by atoms with van der Waals surface area (Å²) in [4.78, 5) is 14.9. The topological polar surface area (TPSA) is 38.7 Å². The molecule has 0 saturated heterocycles. The Hall–Kier alpha value is -1.86. The second-order valence-electron chi connectivity index (χ2n) is 4.54. The molecule has 0 heterocycles. The molecule has 0 saturated carbocycles. The molecule has 0 spiro atoms. The predicted octanol–water partition coefficient (Wildman–Crippen LogP) is 3.24. The van der Waals surface area contributed by atoms with Crippen LogP contribution >= 0.6 is 0 Å². The highest BCUT2D eigenvalue weighted by molar-refractivity contribution is 5.46. The second kappa shape index (κ2) is 5.19. The first-order valence-electron chi connectivity index (χ1n) is 6.14. The van der Waals surface area contributed by atoms with Crippen LogP contribution in [0.3, 0.4) is 0 Å². The first kappa shape index (κ1) is 12.6. The van der Waals surface area contributed by atoms with Crippen LogP contribution < -0.4 is 0 Å². The minimum absolute atomic E-state index is 0.680. The van der Waals surface area contributed by atoms with E-state index >= 15 is 0 Å². The molecule has 1 aromatic carbocycles. The maximum atomic E-state index is 10.8.